The Bertz CT molecular complexity index is 831. The Labute approximate surface area is 120 Å². The second kappa shape index (κ2) is 4.76. The van der Waals surface area contributed by atoms with Gasteiger partial charge in [-0.2, -0.15) is 5.26 Å². The number of H-pyrrole nitrogens is 1. The van der Waals surface area contributed by atoms with Crippen LogP contribution in [-0.4, -0.2) is 9.97 Å². The molecule has 0 saturated heterocycles. The Morgan fingerprint density at radius 3 is 2.90 bits per heavy atom. The van der Waals surface area contributed by atoms with Crippen LogP contribution in [0.2, 0.25) is 5.02 Å². The van der Waals surface area contributed by atoms with E-state index in [0.29, 0.717) is 27.9 Å². The first-order chi connectivity index (χ1) is 9.65. The van der Waals surface area contributed by atoms with Gasteiger partial charge < -0.3 is 16.0 Å². The number of rotatable bonds is 2. The van der Waals surface area contributed by atoms with Crippen molar-refractivity contribution < 1.29 is 0 Å². The largest absolute Gasteiger partial charge is 0.399 e. The standard InChI is InChI=1S/C14H10ClN5/c15-9-2-1-8(7-16)12(5-9)19-14-18-11-4-3-10(17)6-13(11)20-14/h1-6H,17H2,(H2,18,19,20). The van der Waals surface area contributed by atoms with Gasteiger partial charge in [0.1, 0.15) is 6.07 Å². The van der Waals surface area contributed by atoms with Gasteiger partial charge in [-0.3, -0.25) is 0 Å². The Morgan fingerprint density at radius 2 is 2.10 bits per heavy atom. The average molecular weight is 284 g/mol. The monoisotopic (exact) mass is 283 g/mol. The van der Waals surface area contributed by atoms with Crippen molar-refractivity contribution in [1.82, 2.24) is 9.97 Å². The minimum atomic E-state index is 0.495. The van der Waals surface area contributed by atoms with Crippen LogP contribution in [0, 0.1) is 11.3 Å². The summed E-state index contributed by atoms with van der Waals surface area (Å²) >= 11 is 5.94. The quantitative estimate of drug-likeness (QED) is 0.629. The third-order valence-electron chi connectivity index (χ3n) is 2.86. The van der Waals surface area contributed by atoms with E-state index in [9.17, 15) is 0 Å². The van der Waals surface area contributed by atoms with Gasteiger partial charge in [-0.1, -0.05) is 11.6 Å². The number of nitrogens with two attached hydrogens (primary N) is 1. The van der Waals surface area contributed by atoms with Crippen molar-refractivity contribution in [3.05, 3.63) is 47.0 Å². The van der Waals surface area contributed by atoms with E-state index in [-0.39, 0.29) is 0 Å². The summed E-state index contributed by atoms with van der Waals surface area (Å²) in [6.45, 7) is 0. The lowest BCUT2D eigenvalue weighted by molar-refractivity contribution is 1.30. The zero-order valence-electron chi connectivity index (χ0n) is 10.3. The number of benzene rings is 2. The summed E-state index contributed by atoms with van der Waals surface area (Å²) in [5.74, 6) is 0.532. The van der Waals surface area contributed by atoms with Crippen LogP contribution >= 0.6 is 11.6 Å². The summed E-state index contributed by atoms with van der Waals surface area (Å²) in [5.41, 5.74) is 9.10. The predicted octanol–water partition coefficient (Wildman–Crippen LogP) is 3.41. The highest BCUT2D eigenvalue weighted by Crippen LogP contribution is 2.25. The summed E-state index contributed by atoms with van der Waals surface area (Å²) in [4.78, 5) is 7.48. The van der Waals surface area contributed by atoms with Crippen molar-refractivity contribution in [1.29, 1.82) is 5.26 Å². The summed E-state index contributed by atoms with van der Waals surface area (Å²) in [5, 5.41) is 12.7. The highest BCUT2D eigenvalue weighted by molar-refractivity contribution is 6.30. The van der Waals surface area contributed by atoms with Crippen LogP contribution in [0.3, 0.4) is 0 Å². The second-order valence-electron chi connectivity index (χ2n) is 4.29. The van der Waals surface area contributed by atoms with Crippen LogP contribution in [0.25, 0.3) is 11.0 Å². The van der Waals surface area contributed by atoms with E-state index < -0.39 is 0 Å². The molecule has 1 heterocycles. The minimum absolute atomic E-state index is 0.495. The lowest BCUT2D eigenvalue weighted by Gasteiger charge is -2.05. The summed E-state index contributed by atoms with van der Waals surface area (Å²) < 4.78 is 0. The number of imidazole rings is 1. The van der Waals surface area contributed by atoms with E-state index in [1.807, 2.05) is 6.07 Å². The summed E-state index contributed by atoms with van der Waals surface area (Å²) in [7, 11) is 0. The van der Waals surface area contributed by atoms with Crippen molar-refractivity contribution in [3.63, 3.8) is 0 Å². The third-order valence-corrected chi connectivity index (χ3v) is 3.10. The van der Waals surface area contributed by atoms with Crippen molar-refractivity contribution in [2.75, 3.05) is 11.1 Å². The molecule has 0 fully saturated rings. The molecule has 3 rings (SSSR count). The number of anilines is 3. The van der Waals surface area contributed by atoms with Crippen LogP contribution < -0.4 is 11.1 Å². The Morgan fingerprint density at radius 1 is 1.25 bits per heavy atom. The average Bonchev–Trinajstić information content (AvgIpc) is 2.80. The molecule has 0 bridgehead atoms. The van der Waals surface area contributed by atoms with Crippen molar-refractivity contribution in [2.24, 2.45) is 0 Å². The zero-order chi connectivity index (χ0) is 14.1. The number of nitriles is 1. The predicted molar refractivity (Wildman–Crippen MR) is 80.0 cm³/mol. The summed E-state index contributed by atoms with van der Waals surface area (Å²) in [6, 6.07) is 12.5. The minimum Gasteiger partial charge on any atom is -0.399 e. The smallest absolute Gasteiger partial charge is 0.205 e. The Kier molecular flexibility index (Phi) is 2.93. The molecular weight excluding hydrogens is 274 g/mol. The van der Waals surface area contributed by atoms with Gasteiger partial charge in [-0.05, 0) is 36.4 Å². The van der Waals surface area contributed by atoms with Crippen LogP contribution in [0.1, 0.15) is 5.56 Å². The van der Waals surface area contributed by atoms with E-state index in [4.69, 9.17) is 22.6 Å². The third kappa shape index (κ3) is 2.25. The van der Waals surface area contributed by atoms with E-state index in [2.05, 4.69) is 21.4 Å². The molecule has 0 atom stereocenters. The fraction of sp³-hybridized carbons (Fsp3) is 0. The fourth-order valence-electron chi connectivity index (χ4n) is 1.93. The SMILES string of the molecule is N#Cc1ccc(Cl)cc1Nc1nc2ccc(N)cc2[nH]1. The molecule has 0 radical (unpaired) electrons. The number of nitrogens with zero attached hydrogens (tertiary/aromatic N) is 2. The molecule has 0 aliphatic rings. The van der Waals surface area contributed by atoms with Gasteiger partial charge in [0, 0.05) is 10.7 Å². The molecule has 2 aromatic carbocycles. The van der Waals surface area contributed by atoms with Crippen LogP contribution in [0.15, 0.2) is 36.4 Å². The van der Waals surface area contributed by atoms with Crippen molar-refractivity contribution in [3.8, 4) is 6.07 Å². The van der Waals surface area contributed by atoms with E-state index >= 15 is 0 Å². The molecule has 20 heavy (non-hydrogen) atoms. The molecule has 3 aromatic rings. The molecule has 0 spiro atoms. The lowest BCUT2D eigenvalue weighted by Crippen LogP contribution is -1.95. The van der Waals surface area contributed by atoms with Crippen LogP contribution in [-0.2, 0) is 0 Å². The molecule has 0 amide bonds. The summed E-state index contributed by atoms with van der Waals surface area (Å²) in [6.07, 6.45) is 0. The number of aromatic amines is 1. The highest BCUT2D eigenvalue weighted by atomic mass is 35.5. The lowest BCUT2D eigenvalue weighted by atomic mass is 10.2. The Balaban J connectivity index is 2.01. The second-order valence-corrected chi connectivity index (χ2v) is 4.73. The molecule has 1 aromatic heterocycles. The Hall–Kier alpha value is -2.71. The first kappa shape index (κ1) is 12.3. The van der Waals surface area contributed by atoms with Crippen LogP contribution in [0.4, 0.5) is 17.3 Å². The maximum absolute atomic E-state index is 9.08. The van der Waals surface area contributed by atoms with Gasteiger partial charge >= 0.3 is 0 Å². The molecule has 4 N–H and O–H groups in total. The van der Waals surface area contributed by atoms with E-state index in [1.54, 1.807) is 30.3 Å². The molecule has 0 unspecified atom stereocenters. The van der Waals surface area contributed by atoms with Gasteiger partial charge in [-0.25, -0.2) is 4.98 Å². The van der Waals surface area contributed by atoms with Crippen molar-refractivity contribution >= 4 is 40.0 Å². The number of hydrogen-bond acceptors (Lipinski definition) is 4. The number of nitrogen functional groups attached to an aromatic ring is 1. The van der Waals surface area contributed by atoms with Crippen molar-refractivity contribution in [2.45, 2.75) is 0 Å². The maximum Gasteiger partial charge on any atom is 0.205 e. The molecule has 0 aliphatic carbocycles. The number of halogens is 1. The number of hydrogen-bond donors (Lipinski definition) is 3. The molecule has 98 valence electrons. The van der Waals surface area contributed by atoms with Gasteiger partial charge in [0.25, 0.3) is 0 Å². The topological polar surface area (TPSA) is 90.5 Å². The van der Waals surface area contributed by atoms with E-state index in [1.165, 1.54) is 0 Å². The molecule has 0 aliphatic heterocycles. The first-order valence-corrected chi connectivity index (χ1v) is 6.25. The number of aromatic nitrogens is 2. The first-order valence-electron chi connectivity index (χ1n) is 5.87. The number of fused-ring (bicyclic) bond motifs is 1. The molecule has 0 saturated carbocycles. The molecule has 6 heteroatoms. The van der Waals surface area contributed by atoms with Crippen LogP contribution in [0.5, 0.6) is 0 Å². The van der Waals surface area contributed by atoms with Gasteiger partial charge in [0.15, 0.2) is 0 Å². The van der Waals surface area contributed by atoms with Gasteiger partial charge in [0.05, 0.1) is 22.3 Å². The van der Waals surface area contributed by atoms with E-state index in [0.717, 1.165) is 11.0 Å². The normalized spacial score (nSPS) is 10.4. The zero-order valence-corrected chi connectivity index (χ0v) is 11.1. The number of nitrogens with one attached hydrogen (secondary N) is 2. The maximum atomic E-state index is 9.08. The molecular formula is C14H10ClN5. The van der Waals surface area contributed by atoms with Gasteiger partial charge in [0.2, 0.25) is 5.95 Å². The van der Waals surface area contributed by atoms with Gasteiger partial charge in [-0.15, -0.1) is 0 Å². The highest BCUT2D eigenvalue weighted by Gasteiger charge is 2.07. The molecule has 5 nitrogen and oxygen atoms in total. The fourth-order valence-corrected chi connectivity index (χ4v) is 2.10.